The van der Waals surface area contributed by atoms with E-state index in [9.17, 15) is 9.59 Å². The van der Waals surface area contributed by atoms with Gasteiger partial charge in [0.05, 0.1) is 7.11 Å². The molecule has 0 N–H and O–H groups in total. The molecule has 4 nitrogen and oxygen atoms in total. The number of ether oxygens (including phenoxy) is 1. The molecule has 0 aromatic heterocycles. The predicted octanol–water partition coefficient (Wildman–Crippen LogP) is 1.59. The van der Waals surface area contributed by atoms with Crippen molar-refractivity contribution in [2.75, 3.05) is 20.7 Å². The second kappa shape index (κ2) is 5.32. The van der Waals surface area contributed by atoms with Gasteiger partial charge in [0, 0.05) is 13.6 Å². The minimum Gasteiger partial charge on any atom is -0.468 e. The largest absolute Gasteiger partial charge is 0.468 e. The van der Waals surface area contributed by atoms with Gasteiger partial charge in [-0.1, -0.05) is 19.8 Å². The number of carbonyl (C=O) groups is 2. The smallest absolute Gasteiger partial charge is 0.321 e. The molecule has 1 saturated carbocycles. The lowest BCUT2D eigenvalue weighted by molar-refractivity contribution is -0.169. The van der Waals surface area contributed by atoms with Crippen LogP contribution in [0.5, 0.6) is 0 Å². The summed E-state index contributed by atoms with van der Waals surface area (Å²) in [6, 6.07) is 0. The van der Waals surface area contributed by atoms with Crippen LogP contribution in [-0.4, -0.2) is 37.5 Å². The average molecular weight is 227 g/mol. The number of unbranched alkanes of at least 4 members (excludes halogenated alkanes) is 1. The Hall–Kier alpha value is -1.06. The van der Waals surface area contributed by atoms with Gasteiger partial charge in [-0.25, -0.2) is 0 Å². The van der Waals surface area contributed by atoms with Crippen molar-refractivity contribution in [1.82, 2.24) is 4.90 Å². The molecule has 0 saturated heterocycles. The second-order valence-corrected chi connectivity index (χ2v) is 4.51. The fourth-order valence-electron chi connectivity index (χ4n) is 2.09. The van der Waals surface area contributed by atoms with Gasteiger partial charge in [0.2, 0.25) is 5.91 Å². The highest BCUT2D eigenvalue weighted by Gasteiger charge is 2.52. The molecule has 0 spiro atoms. The van der Waals surface area contributed by atoms with Crippen LogP contribution in [0.4, 0.5) is 0 Å². The molecule has 1 rings (SSSR count). The van der Waals surface area contributed by atoms with E-state index in [1.807, 2.05) is 0 Å². The molecule has 0 aromatic rings. The van der Waals surface area contributed by atoms with Crippen LogP contribution in [0.15, 0.2) is 0 Å². The van der Waals surface area contributed by atoms with Crippen molar-refractivity contribution in [2.45, 2.75) is 39.0 Å². The third-order valence-electron chi connectivity index (χ3n) is 3.39. The lowest BCUT2D eigenvalue weighted by atomic mass is 9.67. The van der Waals surface area contributed by atoms with Gasteiger partial charge in [-0.2, -0.15) is 0 Å². The standard InChI is InChI=1S/C12H21NO3/c1-4-5-9-13(2)10(14)12(7-6-8-12)11(15)16-3/h4-9H2,1-3H3. The molecule has 0 atom stereocenters. The quantitative estimate of drug-likeness (QED) is 0.529. The number of hydrogen-bond donors (Lipinski definition) is 0. The second-order valence-electron chi connectivity index (χ2n) is 4.51. The maximum Gasteiger partial charge on any atom is 0.321 e. The van der Waals surface area contributed by atoms with E-state index in [0.29, 0.717) is 19.4 Å². The number of hydrogen-bond acceptors (Lipinski definition) is 3. The van der Waals surface area contributed by atoms with Crippen molar-refractivity contribution < 1.29 is 14.3 Å². The molecule has 1 fully saturated rings. The van der Waals surface area contributed by atoms with Gasteiger partial charge in [0.25, 0.3) is 0 Å². The Morgan fingerprint density at radius 2 is 2.00 bits per heavy atom. The molecule has 0 aromatic carbocycles. The maximum atomic E-state index is 12.2. The molecule has 0 heterocycles. The molecule has 0 aliphatic heterocycles. The van der Waals surface area contributed by atoms with Crippen molar-refractivity contribution >= 4 is 11.9 Å². The zero-order valence-corrected chi connectivity index (χ0v) is 10.4. The van der Waals surface area contributed by atoms with E-state index in [1.165, 1.54) is 7.11 Å². The SMILES string of the molecule is CCCCN(C)C(=O)C1(C(=O)OC)CCC1. The Morgan fingerprint density at radius 1 is 1.38 bits per heavy atom. The third kappa shape index (κ3) is 2.20. The van der Waals surface area contributed by atoms with Gasteiger partial charge in [-0.3, -0.25) is 9.59 Å². The molecule has 4 heteroatoms. The van der Waals surface area contributed by atoms with Crippen LogP contribution < -0.4 is 0 Å². The van der Waals surface area contributed by atoms with Crippen molar-refractivity contribution in [3.63, 3.8) is 0 Å². The van der Waals surface area contributed by atoms with Crippen molar-refractivity contribution in [3.05, 3.63) is 0 Å². The number of methoxy groups -OCH3 is 1. The van der Waals surface area contributed by atoms with Crippen molar-refractivity contribution in [3.8, 4) is 0 Å². The van der Waals surface area contributed by atoms with E-state index < -0.39 is 5.41 Å². The maximum absolute atomic E-state index is 12.2. The molecule has 0 radical (unpaired) electrons. The fourth-order valence-corrected chi connectivity index (χ4v) is 2.09. The average Bonchev–Trinajstić information content (AvgIpc) is 2.23. The van der Waals surface area contributed by atoms with E-state index in [2.05, 4.69) is 6.92 Å². The number of esters is 1. The van der Waals surface area contributed by atoms with E-state index >= 15 is 0 Å². The summed E-state index contributed by atoms with van der Waals surface area (Å²) >= 11 is 0. The first-order valence-electron chi connectivity index (χ1n) is 5.92. The highest BCUT2D eigenvalue weighted by molar-refractivity contribution is 6.03. The summed E-state index contributed by atoms with van der Waals surface area (Å²) in [6.45, 7) is 2.80. The summed E-state index contributed by atoms with van der Waals surface area (Å²) in [6.07, 6.45) is 4.22. The van der Waals surface area contributed by atoms with Crippen LogP contribution >= 0.6 is 0 Å². The zero-order chi connectivity index (χ0) is 12.2. The molecular weight excluding hydrogens is 206 g/mol. The summed E-state index contributed by atoms with van der Waals surface area (Å²) in [5.74, 6) is -0.439. The van der Waals surface area contributed by atoms with Crippen molar-refractivity contribution in [1.29, 1.82) is 0 Å². The van der Waals surface area contributed by atoms with Crippen LogP contribution in [0.1, 0.15) is 39.0 Å². The minimum absolute atomic E-state index is 0.0703. The molecule has 0 unspecified atom stereocenters. The Kier molecular flexibility index (Phi) is 4.33. The summed E-state index contributed by atoms with van der Waals surface area (Å²) in [7, 11) is 3.11. The van der Waals surface area contributed by atoms with E-state index in [4.69, 9.17) is 4.74 Å². The zero-order valence-electron chi connectivity index (χ0n) is 10.4. The molecule has 92 valence electrons. The van der Waals surface area contributed by atoms with Crippen LogP contribution in [-0.2, 0) is 14.3 Å². The topological polar surface area (TPSA) is 46.6 Å². The van der Waals surface area contributed by atoms with E-state index in [-0.39, 0.29) is 11.9 Å². The Bertz CT molecular complexity index is 271. The number of amides is 1. The highest BCUT2D eigenvalue weighted by Crippen LogP contribution is 2.43. The van der Waals surface area contributed by atoms with Gasteiger partial charge in [-0.05, 0) is 19.3 Å². The predicted molar refractivity (Wildman–Crippen MR) is 60.8 cm³/mol. The summed E-state index contributed by atoms with van der Waals surface area (Å²) in [5, 5.41) is 0. The molecule has 1 aliphatic carbocycles. The first-order valence-corrected chi connectivity index (χ1v) is 5.92. The van der Waals surface area contributed by atoms with Gasteiger partial charge < -0.3 is 9.64 Å². The Labute approximate surface area is 96.9 Å². The fraction of sp³-hybridized carbons (Fsp3) is 0.833. The molecule has 1 amide bonds. The lowest BCUT2D eigenvalue weighted by Gasteiger charge is -2.39. The number of nitrogens with zero attached hydrogens (tertiary/aromatic N) is 1. The van der Waals surface area contributed by atoms with Gasteiger partial charge in [-0.15, -0.1) is 0 Å². The lowest BCUT2D eigenvalue weighted by Crippen LogP contribution is -2.52. The Morgan fingerprint density at radius 3 is 2.38 bits per heavy atom. The molecular formula is C12H21NO3. The van der Waals surface area contributed by atoms with Crippen LogP contribution in [0, 0.1) is 5.41 Å². The third-order valence-corrected chi connectivity index (χ3v) is 3.39. The first kappa shape index (κ1) is 13.0. The highest BCUT2D eigenvalue weighted by atomic mass is 16.5. The van der Waals surface area contributed by atoms with E-state index in [1.54, 1.807) is 11.9 Å². The minimum atomic E-state index is -0.864. The summed E-state index contributed by atoms with van der Waals surface area (Å²) < 4.78 is 4.75. The summed E-state index contributed by atoms with van der Waals surface area (Å²) in [5.41, 5.74) is -0.864. The van der Waals surface area contributed by atoms with Gasteiger partial charge >= 0.3 is 5.97 Å². The van der Waals surface area contributed by atoms with Crippen LogP contribution in [0.3, 0.4) is 0 Å². The number of rotatable bonds is 5. The molecule has 0 bridgehead atoms. The van der Waals surface area contributed by atoms with Crippen LogP contribution in [0.25, 0.3) is 0 Å². The first-order chi connectivity index (χ1) is 7.58. The van der Waals surface area contributed by atoms with Crippen molar-refractivity contribution in [2.24, 2.45) is 5.41 Å². The molecule has 1 aliphatic rings. The summed E-state index contributed by atoms with van der Waals surface area (Å²) in [4.78, 5) is 25.5. The Balaban J connectivity index is 2.66. The van der Waals surface area contributed by atoms with Gasteiger partial charge in [0.1, 0.15) is 5.41 Å². The number of carbonyl (C=O) groups excluding carboxylic acids is 2. The monoisotopic (exact) mass is 227 g/mol. The normalized spacial score (nSPS) is 17.4. The van der Waals surface area contributed by atoms with Gasteiger partial charge in [0.15, 0.2) is 0 Å². The van der Waals surface area contributed by atoms with E-state index in [0.717, 1.165) is 19.3 Å². The van der Waals surface area contributed by atoms with Crippen LogP contribution in [0.2, 0.25) is 0 Å². The molecule has 16 heavy (non-hydrogen) atoms.